The maximum absolute atomic E-state index is 13.0. The zero-order chi connectivity index (χ0) is 23.4. The zero-order valence-electron chi connectivity index (χ0n) is 19.7. The number of nitrogens with zero attached hydrogens (tertiary/aromatic N) is 2. The molecular formula is C27H33N3O3. The molecule has 6 nitrogen and oxygen atoms in total. The molecule has 2 aliphatic heterocycles. The summed E-state index contributed by atoms with van der Waals surface area (Å²) in [6.07, 6.45) is 3.54. The first-order chi connectivity index (χ1) is 15.8. The molecule has 2 amide bonds. The van der Waals surface area contributed by atoms with E-state index in [1.165, 1.54) is 5.56 Å². The van der Waals surface area contributed by atoms with Crippen molar-refractivity contribution in [2.24, 2.45) is 11.1 Å². The lowest BCUT2D eigenvalue weighted by molar-refractivity contribution is -0.142. The highest BCUT2D eigenvalue weighted by atomic mass is 16.7. The first kappa shape index (κ1) is 23.0. The summed E-state index contributed by atoms with van der Waals surface area (Å²) in [6.45, 7) is 7.17. The van der Waals surface area contributed by atoms with Crippen LogP contribution in [0.1, 0.15) is 61.5 Å². The normalized spacial score (nSPS) is 21.0. The molecule has 4 rings (SSSR count). The molecule has 0 aromatic heterocycles. The Hall–Kier alpha value is -3.15. The molecule has 0 spiro atoms. The van der Waals surface area contributed by atoms with Crippen molar-refractivity contribution in [3.8, 4) is 0 Å². The van der Waals surface area contributed by atoms with E-state index in [4.69, 9.17) is 4.84 Å². The van der Waals surface area contributed by atoms with Gasteiger partial charge in [0.1, 0.15) is 0 Å². The standard InChI is InChI=1S/C27H33N3O3/c1-19(2)28-26(32)27(3)18-24(29-33-27)22-9-11-23(12-10-22)25(31)30-15-13-21(14-16-30)17-20-7-5-4-6-8-20/h4-12,19,21H,13-18H2,1-3H3,(H,28,32). The van der Waals surface area contributed by atoms with Crippen molar-refractivity contribution in [1.29, 1.82) is 0 Å². The molecule has 0 saturated carbocycles. The van der Waals surface area contributed by atoms with Crippen molar-refractivity contribution in [3.05, 3.63) is 71.3 Å². The van der Waals surface area contributed by atoms with Crippen LogP contribution < -0.4 is 5.32 Å². The van der Waals surface area contributed by atoms with Gasteiger partial charge in [-0.3, -0.25) is 9.59 Å². The number of carbonyl (C=O) groups excluding carboxylic acids is 2. The van der Waals surface area contributed by atoms with Gasteiger partial charge in [0, 0.05) is 31.1 Å². The fourth-order valence-corrected chi connectivity index (χ4v) is 4.51. The van der Waals surface area contributed by atoms with Gasteiger partial charge in [-0.1, -0.05) is 47.6 Å². The van der Waals surface area contributed by atoms with E-state index in [-0.39, 0.29) is 17.9 Å². The molecule has 1 saturated heterocycles. The van der Waals surface area contributed by atoms with Crippen LogP contribution in [0.4, 0.5) is 0 Å². The summed E-state index contributed by atoms with van der Waals surface area (Å²) < 4.78 is 0. The minimum absolute atomic E-state index is 0.0377. The predicted octanol–water partition coefficient (Wildman–Crippen LogP) is 4.19. The average molecular weight is 448 g/mol. The number of carbonyl (C=O) groups is 2. The second-order valence-corrected chi connectivity index (χ2v) is 9.67. The van der Waals surface area contributed by atoms with Gasteiger partial charge >= 0.3 is 0 Å². The summed E-state index contributed by atoms with van der Waals surface area (Å²) in [5, 5.41) is 7.04. The van der Waals surface area contributed by atoms with Gasteiger partial charge in [0.05, 0.1) is 5.71 Å². The predicted molar refractivity (Wildman–Crippen MR) is 129 cm³/mol. The summed E-state index contributed by atoms with van der Waals surface area (Å²) in [6, 6.07) is 18.1. The molecular weight excluding hydrogens is 414 g/mol. The summed E-state index contributed by atoms with van der Waals surface area (Å²) in [5.74, 6) is 0.533. The van der Waals surface area contributed by atoms with E-state index < -0.39 is 5.60 Å². The molecule has 1 unspecified atom stereocenters. The van der Waals surface area contributed by atoms with Crippen molar-refractivity contribution in [3.63, 3.8) is 0 Å². The Morgan fingerprint density at radius 3 is 2.39 bits per heavy atom. The number of piperidine rings is 1. The van der Waals surface area contributed by atoms with Crippen molar-refractivity contribution < 1.29 is 14.4 Å². The number of rotatable bonds is 6. The van der Waals surface area contributed by atoms with Crippen LogP contribution in [0.5, 0.6) is 0 Å². The van der Waals surface area contributed by atoms with Crippen molar-refractivity contribution >= 4 is 17.5 Å². The molecule has 2 heterocycles. The highest BCUT2D eigenvalue weighted by Gasteiger charge is 2.42. The van der Waals surface area contributed by atoms with Crippen LogP contribution in [-0.4, -0.2) is 47.2 Å². The third-order valence-electron chi connectivity index (χ3n) is 6.50. The molecule has 1 fully saturated rings. The van der Waals surface area contributed by atoms with E-state index in [1.54, 1.807) is 6.92 Å². The van der Waals surface area contributed by atoms with Crippen molar-refractivity contribution in [1.82, 2.24) is 10.2 Å². The Bertz CT molecular complexity index is 1010. The second-order valence-electron chi connectivity index (χ2n) is 9.67. The highest BCUT2D eigenvalue weighted by Crippen LogP contribution is 2.28. The molecule has 2 aromatic carbocycles. The molecule has 1 N–H and O–H groups in total. The molecule has 0 bridgehead atoms. The molecule has 0 radical (unpaired) electrons. The zero-order valence-corrected chi connectivity index (χ0v) is 19.7. The van der Waals surface area contributed by atoms with E-state index in [1.807, 2.05) is 49.1 Å². The number of oxime groups is 1. The van der Waals surface area contributed by atoms with Gasteiger partial charge in [0.2, 0.25) is 5.60 Å². The lowest BCUT2D eigenvalue weighted by atomic mass is 9.90. The third kappa shape index (κ3) is 5.44. The fraction of sp³-hybridized carbons (Fsp3) is 0.444. The largest absolute Gasteiger partial charge is 0.379 e. The smallest absolute Gasteiger partial charge is 0.267 e. The highest BCUT2D eigenvalue weighted by molar-refractivity contribution is 6.06. The minimum atomic E-state index is -1.00. The SMILES string of the molecule is CC(C)NC(=O)C1(C)CC(c2ccc(C(=O)N3CCC(Cc4ccccc4)CC3)cc2)=NO1. The van der Waals surface area contributed by atoms with Crippen LogP contribution in [-0.2, 0) is 16.1 Å². The molecule has 174 valence electrons. The summed E-state index contributed by atoms with van der Waals surface area (Å²) in [4.78, 5) is 32.9. The average Bonchev–Trinajstić information content (AvgIpc) is 3.23. The van der Waals surface area contributed by atoms with E-state index in [2.05, 4.69) is 34.7 Å². The number of hydrogen-bond acceptors (Lipinski definition) is 4. The fourth-order valence-electron chi connectivity index (χ4n) is 4.51. The van der Waals surface area contributed by atoms with Crippen molar-refractivity contribution in [2.75, 3.05) is 13.1 Å². The Labute approximate surface area is 196 Å². The minimum Gasteiger partial charge on any atom is -0.379 e. The molecule has 0 aliphatic carbocycles. The first-order valence-corrected chi connectivity index (χ1v) is 11.8. The Morgan fingerprint density at radius 2 is 1.76 bits per heavy atom. The summed E-state index contributed by atoms with van der Waals surface area (Å²) in [7, 11) is 0. The van der Waals surface area contributed by atoms with Gasteiger partial charge in [-0.15, -0.1) is 0 Å². The quantitative estimate of drug-likeness (QED) is 0.722. The maximum atomic E-state index is 13.0. The molecule has 2 aliphatic rings. The van der Waals surface area contributed by atoms with Gasteiger partial charge < -0.3 is 15.1 Å². The van der Waals surface area contributed by atoms with E-state index in [0.717, 1.165) is 43.6 Å². The number of likely N-dealkylation sites (tertiary alicyclic amines) is 1. The second kappa shape index (κ2) is 9.77. The lowest BCUT2D eigenvalue weighted by Crippen LogP contribution is -2.47. The van der Waals surface area contributed by atoms with Gasteiger partial charge in [-0.25, -0.2) is 0 Å². The number of amides is 2. The number of hydrogen-bond donors (Lipinski definition) is 1. The lowest BCUT2D eigenvalue weighted by Gasteiger charge is -2.32. The maximum Gasteiger partial charge on any atom is 0.267 e. The van der Waals surface area contributed by atoms with Crippen molar-refractivity contribution in [2.45, 2.75) is 58.1 Å². The molecule has 33 heavy (non-hydrogen) atoms. The van der Waals surface area contributed by atoms with Gasteiger partial charge in [-0.2, -0.15) is 0 Å². The van der Waals surface area contributed by atoms with Gasteiger partial charge in [0.15, 0.2) is 0 Å². The topological polar surface area (TPSA) is 71.0 Å². The van der Waals surface area contributed by atoms with Crippen LogP contribution in [0, 0.1) is 5.92 Å². The van der Waals surface area contributed by atoms with Gasteiger partial charge in [-0.05, 0) is 69.2 Å². The number of nitrogens with one attached hydrogen (secondary N) is 1. The van der Waals surface area contributed by atoms with Crippen LogP contribution in [0.15, 0.2) is 59.8 Å². The molecule has 2 aromatic rings. The number of benzene rings is 2. The summed E-state index contributed by atoms with van der Waals surface area (Å²) >= 11 is 0. The molecule has 1 atom stereocenters. The summed E-state index contributed by atoms with van der Waals surface area (Å²) in [5.41, 5.74) is 2.64. The van der Waals surface area contributed by atoms with E-state index >= 15 is 0 Å². The Kier molecular flexibility index (Phi) is 6.82. The Morgan fingerprint density at radius 1 is 1.09 bits per heavy atom. The monoisotopic (exact) mass is 447 g/mol. The first-order valence-electron chi connectivity index (χ1n) is 11.8. The van der Waals surface area contributed by atoms with Crippen LogP contribution in [0.2, 0.25) is 0 Å². The van der Waals surface area contributed by atoms with Crippen LogP contribution >= 0.6 is 0 Å². The van der Waals surface area contributed by atoms with Crippen LogP contribution in [0.25, 0.3) is 0 Å². The molecule has 6 heteroatoms. The third-order valence-corrected chi connectivity index (χ3v) is 6.50. The van der Waals surface area contributed by atoms with E-state index in [9.17, 15) is 9.59 Å². The van der Waals surface area contributed by atoms with Gasteiger partial charge in [0.25, 0.3) is 11.8 Å². The van der Waals surface area contributed by atoms with E-state index in [0.29, 0.717) is 17.9 Å². The Balaban J connectivity index is 1.31. The van der Waals surface area contributed by atoms with Crippen LogP contribution in [0.3, 0.4) is 0 Å².